The fraction of sp³-hybridized carbons (Fsp3) is 0.500. The molecular formula is C10H16N2O3S. The zero-order valence-electron chi connectivity index (χ0n) is 9.43. The first kappa shape index (κ1) is 12.9. The summed E-state index contributed by atoms with van der Waals surface area (Å²) in [4.78, 5) is 4.24. The number of hydrogen-bond donors (Lipinski definition) is 1. The van der Waals surface area contributed by atoms with E-state index in [9.17, 15) is 8.42 Å². The van der Waals surface area contributed by atoms with Crippen molar-refractivity contribution >= 4 is 15.7 Å². The first-order valence-electron chi connectivity index (χ1n) is 4.93. The molecule has 0 saturated carbocycles. The molecule has 0 atom stereocenters. The number of rotatable bonds is 6. The largest absolute Gasteiger partial charge is 0.385 e. The summed E-state index contributed by atoms with van der Waals surface area (Å²) in [5.74, 6) is 0.404. The SMILES string of the molecule is COCCCNc1ncccc1S(C)(=O)=O. The van der Waals surface area contributed by atoms with Crippen molar-refractivity contribution in [1.29, 1.82) is 0 Å². The Labute approximate surface area is 95.8 Å². The van der Waals surface area contributed by atoms with E-state index >= 15 is 0 Å². The molecule has 16 heavy (non-hydrogen) atoms. The van der Waals surface area contributed by atoms with E-state index in [1.165, 1.54) is 6.26 Å². The molecule has 5 nitrogen and oxygen atoms in total. The predicted molar refractivity (Wildman–Crippen MR) is 62.3 cm³/mol. The summed E-state index contributed by atoms with van der Waals surface area (Å²) in [5, 5.41) is 2.98. The number of methoxy groups -OCH3 is 1. The minimum absolute atomic E-state index is 0.229. The van der Waals surface area contributed by atoms with Gasteiger partial charge in [-0.3, -0.25) is 0 Å². The Bertz CT molecular complexity index is 431. The molecule has 0 amide bonds. The zero-order valence-corrected chi connectivity index (χ0v) is 10.3. The fourth-order valence-corrected chi connectivity index (χ4v) is 2.05. The third-order valence-corrected chi connectivity index (χ3v) is 3.12. The third kappa shape index (κ3) is 3.79. The first-order valence-corrected chi connectivity index (χ1v) is 6.82. The molecule has 0 bridgehead atoms. The van der Waals surface area contributed by atoms with E-state index in [4.69, 9.17) is 4.74 Å². The van der Waals surface area contributed by atoms with Gasteiger partial charge in [-0.2, -0.15) is 0 Å². The number of hydrogen-bond acceptors (Lipinski definition) is 5. The minimum atomic E-state index is -3.23. The summed E-state index contributed by atoms with van der Waals surface area (Å²) >= 11 is 0. The number of sulfone groups is 1. The van der Waals surface area contributed by atoms with Crippen molar-refractivity contribution in [3.05, 3.63) is 18.3 Å². The van der Waals surface area contributed by atoms with Gasteiger partial charge in [0.15, 0.2) is 9.84 Å². The molecule has 0 aliphatic rings. The lowest BCUT2D eigenvalue weighted by atomic mass is 10.4. The van der Waals surface area contributed by atoms with E-state index in [2.05, 4.69) is 10.3 Å². The van der Waals surface area contributed by atoms with E-state index in [1.54, 1.807) is 25.4 Å². The van der Waals surface area contributed by atoms with Crippen LogP contribution in [-0.4, -0.2) is 39.9 Å². The summed E-state index contributed by atoms with van der Waals surface area (Å²) in [6.45, 7) is 1.27. The molecule has 1 aromatic rings. The highest BCUT2D eigenvalue weighted by Crippen LogP contribution is 2.17. The van der Waals surface area contributed by atoms with Crippen molar-refractivity contribution in [3.63, 3.8) is 0 Å². The summed E-state index contributed by atoms with van der Waals surface area (Å²) in [5.41, 5.74) is 0. The number of nitrogens with zero attached hydrogens (tertiary/aromatic N) is 1. The maximum atomic E-state index is 11.4. The molecule has 0 aromatic carbocycles. The van der Waals surface area contributed by atoms with Crippen LogP contribution < -0.4 is 5.32 Å². The average molecular weight is 244 g/mol. The molecule has 1 N–H and O–H groups in total. The van der Waals surface area contributed by atoms with E-state index in [1.807, 2.05) is 0 Å². The van der Waals surface area contributed by atoms with E-state index < -0.39 is 9.84 Å². The van der Waals surface area contributed by atoms with Crippen molar-refractivity contribution in [3.8, 4) is 0 Å². The van der Waals surface area contributed by atoms with Gasteiger partial charge in [0, 0.05) is 32.7 Å². The average Bonchev–Trinajstić information content (AvgIpc) is 2.24. The van der Waals surface area contributed by atoms with Gasteiger partial charge < -0.3 is 10.1 Å². The van der Waals surface area contributed by atoms with Crippen LogP contribution in [0.25, 0.3) is 0 Å². The zero-order chi connectivity index (χ0) is 12.0. The normalized spacial score (nSPS) is 11.4. The topological polar surface area (TPSA) is 68.3 Å². The summed E-state index contributed by atoms with van der Waals surface area (Å²) in [6, 6.07) is 3.15. The van der Waals surface area contributed by atoms with Crippen LogP contribution in [0.2, 0.25) is 0 Å². The second-order valence-corrected chi connectivity index (χ2v) is 5.38. The van der Waals surface area contributed by atoms with Crippen LogP contribution in [0.5, 0.6) is 0 Å². The molecule has 0 aliphatic carbocycles. The van der Waals surface area contributed by atoms with Crippen LogP contribution in [0, 0.1) is 0 Å². The third-order valence-electron chi connectivity index (χ3n) is 1.99. The Balaban J connectivity index is 2.73. The monoisotopic (exact) mass is 244 g/mol. The second kappa shape index (κ2) is 5.81. The lowest BCUT2D eigenvalue weighted by Gasteiger charge is -2.08. The molecule has 1 rings (SSSR count). The number of nitrogens with one attached hydrogen (secondary N) is 1. The van der Waals surface area contributed by atoms with Gasteiger partial charge in [-0.25, -0.2) is 13.4 Å². The Morgan fingerprint density at radius 1 is 1.50 bits per heavy atom. The lowest BCUT2D eigenvalue weighted by molar-refractivity contribution is 0.197. The van der Waals surface area contributed by atoms with Gasteiger partial charge in [0.2, 0.25) is 0 Å². The first-order chi connectivity index (χ1) is 7.55. The smallest absolute Gasteiger partial charge is 0.179 e. The van der Waals surface area contributed by atoms with Crippen LogP contribution in [0.1, 0.15) is 6.42 Å². The number of aromatic nitrogens is 1. The highest BCUT2D eigenvalue weighted by atomic mass is 32.2. The van der Waals surface area contributed by atoms with Gasteiger partial charge >= 0.3 is 0 Å². The predicted octanol–water partition coefficient (Wildman–Crippen LogP) is 0.934. The molecule has 6 heteroatoms. The minimum Gasteiger partial charge on any atom is -0.385 e. The van der Waals surface area contributed by atoms with Gasteiger partial charge in [0.05, 0.1) is 0 Å². The Morgan fingerprint density at radius 3 is 2.88 bits per heavy atom. The molecular weight excluding hydrogens is 228 g/mol. The van der Waals surface area contributed by atoms with Crippen LogP contribution in [-0.2, 0) is 14.6 Å². The molecule has 0 spiro atoms. The molecule has 0 fully saturated rings. The van der Waals surface area contributed by atoms with Crippen LogP contribution in [0.3, 0.4) is 0 Å². The van der Waals surface area contributed by atoms with E-state index in [0.717, 1.165) is 6.42 Å². The highest BCUT2D eigenvalue weighted by molar-refractivity contribution is 7.90. The lowest BCUT2D eigenvalue weighted by Crippen LogP contribution is -2.10. The molecule has 0 radical (unpaired) electrons. The van der Waals surface area contributed by atoms with Gasteiger partial charge in [0.1, 0.15) is 10.7 Å². The standard InChI is InChI=1S/C10H16N2O3S/c1-15-8-4-7-12-10-9(16(2,13)14)5-3-6-11-10/h3,5-6H,4,7-8H2,1-2H3,(H,11,12). The Kier molecular flexibility index (Phi) is 4.70. The maximum Gasteiger partial charge on any atom is 0.179 e. The van der Waals surface area contributed by atoms with Crippen molar-refractivity contribution in [2.75, 3.05) is 31.8 Å². The highest BCUT2D eigenvalue weighted by Gasteiger charge is 2.12. The summed E-state index contributed by atoms with van der Waals surface area (Å²) in [7, 11) is -1.60. The van der Waals surface area contributed by atoms with Crippen molar-refractivity contribution in [2.24, 2.45) is 0 Å². The number of anilines is 1. The van der Waals surface area contributed by atoms with Gasteiger partial charge in [-0.05, 0) is 18.6 Å². The number of ether oxygens (including phenoxy) is 1. The van der Waals surface area contributed by atoms with Gasteiger partial charge in [0.25, 0.3) is 0 Å². The Morgan fingerprint density at radius 2 is 2.25 bits per heavy atom. The molecule has 1 heterocycles. The van der Waals surface area contributed by atoms with Crippen LogP contribution >= 0.6 is 0 Å². The van der Waals surface area contributed by atoms with Gasteiger partial charge in [-0.1, -0.05) is 0 Å². The summed E-state index contributed by atoms with van der Waals surface area (Å²) < 4.78 is 27.8. The molecule has 0 saturated heterocycles. The maximum absolute atomic E-state index is 11.4. The molecule has 0 aliphatic heterocycles. The summed E-state index contributed by atoms with van der Waals surface area (Å²) in [6.07, 6.45) is 3.54. The quantitative estimate of drug-likeness (QED) is 0.754. The fourth-order valence-electron chi connectivity index (χ4n) is 1.25. The van der Waals surface area contributed by atoms with E-state index in [0.29, 0.717) is 19.0 Å². The van der Waals surface area contributed by atoms with Crippen molar-refractivity contribution in [2.45, 2.75) is 11.3 Å². The molecule has 90 valence electrons. The van der Waals surface area contributed by atoms with E-state index in [-0.39, 0.29) is 4.90 Å². The Hall–Kier alpha value is -1.14. The number of pyridine rings is 1. The van der Waals surface area contributed by atoms with Crippen LogP contribution in [0.4, 0.5) is 5.82 Å². The van der Waals surface area contributed by atoms with Gasteiger partial charge in [-0.15, -0.1) is 0 Å². The van der Waals surface area contributed by atoms with Crippen LogP contribution in [0.15, 0.2) is 23.2 Å². The molecule has 0 unspecified atom stereocenters. The van der Waals surface area contributed by atoms with Crippen molar-refractivity contribution < 1.29 is 13.2 Å². The second-order valence-electron chi connectivity index (χ2n) is 3.40. The van der Waals surface area contributed by atoms with Crippen molar-refractivity contribution in [1.82, 2.24) is 4.98 Å². The molecule has 1 aromatic heterocycles.